The Morgan fingerprint density at radius 3 is 1.68 bits per heavy atom. The molecule has 8 aromatic carbocycles. The zero-order chi connectivity index (χ0) is 38.1. The molecular weight excluding hydrogens is 695 g/mol. The molecular formula is C54H37NO2. The number of para-hydroxylation sites is 2. The van der Waals surface area contributed by atoms with Crippen molar-refractivity contribution in [3.8, 4) is 67.5 Å². The largest absolute Gasteiger partial charge is 0.449 e. The van der Waals surface area contributed by atoms with E-state index >= 15 is 0 Å². The van der Waals surface area contributed by atoms with Crippen LogP contribution in [0.25, 0.3) is 44.5 Å². The van der Waals surface area contributed by atoms with Crippen molar-refractivity contribution in [1.29, 1.82) is 0 Å². The molecule has 1 spiro atoms. The molecule has 0 bridgehead atoms. The first-order valence-electron chi connectivity index (χ1n) is 19.5. The number of anilines is 2. The molecule has 0 radical (unpaired) electrons. The van der Waals surface area contributed by atoms with E-state index in [9.17, 15) is 0 Å². The summed E-state index contributed by atoms with van der Waals surface area (Å²) in [4.78, 5) is 2.22. The average molecular weight is 732 g/mol. The number of rotatable bonds is 6. The minimum absolute atomic E-state index is 0.446. The first-order chi connectivity index (χ1) is 28.2. The fraction of sp³-hybridized carbons (Fsp3) is 0.0370. The van der Waals surface area contributed by atoms with E-state index in [1.807, 2.05) is 25.1 Å². The molecule has 1 aliphatic heterocycles. The topological polar surface area (TPSA) is 21.7 Å². The van der Waals surface area contributed by atoms with Gasteiger partial charge in [0.25, 0.3) is 0 Å². The van der Waals surface area contributed by atoms with Crippen molar-refractivity contribution in [1.82, 2.24) is 0 Å². The van der Waals surface area contributed by atoms with E-state index in [2.05, 4.69) is 187 Å². The Bertz CT molecular complexity index is 2890. The van der Waals surface area contributed by atoms with Gasteiger partial charge in [-0.05, 0) is 123 Å². The first kappa shape index (κ1) is 33.0. The molecule has 0 saturated heterocycles. The van der Waals surface area contributed by atoms with Gasteiger partial charge in [0.15, 0.2) is 23.0 Å². The van der Waals surface area contributed by atoms with E-state index in [0.29, 0.717) is 5.75 Å². The van der Waals surface area contributed by atoms with Crippen LogP contribution in [0.2, 0.25) is 0 Å². The molecule has 1 heterocycles. The second-order valence-corrected chi connectivity index (χ2v) is 14.8. The summed E-state index contributed by atoms with van der Waals surface area (Å²) in [7, 11) is 0. The van der Waals surface area contributed by atoms with Gasteiger partial charge in [0.2, 0.25) is 0 Å². The Labute approximate surface area is 333 Å². The summed E-state index contributed by atoms with van der Waals surface area (Å²) in [6.45, 7) is 6.12. The number of hydrogen-bond acceptors (Lipinski definition) is 3. The summed E-state index contributed by atoms with van der Waals surface area (Å²) in [5.74, 6) is 2.87. The molecule has 0 amide bonds. The van der Waals surface area contributed by atoms with Crippen LogP contribution in [0.1, 0.15) is 29.2 Å². The summed E-state index contributed by atoms with van der Waals surface area (Å²) in [6, 6.07) is 64.9. The highest BCUT2D eigenvalue weighted by atomic mass is 16.6. The molecule has 3 aliphatic rings. The fourth-order valence-electron chi connectivity index (χ4n) is 9.45. The highest BCUT2D eigenvalue weighted by molar-refractivity contribution is 5.96. The molecule has 3 nitrogen and oxygen atoms in total. The quantitative estimate of drug-likeness (QED) is 0.159. The van der Waals surface area contributed by atoms with Gasteiger partial charge in [-0.25, -0.2) is 0 Å². The maximum absolute atomic E-state index is 6.92. The van der Waals surface area contributed by atoms with Gasteiger partial charge in [-0.3, -0.25) is 0 Å². The second-order valence-electron chi connectivity index (χ2n) is 14.8. The zero-order valence-electron chi connectivity index (χ0n) is 31.4. The summed E-state index contributed by atoms with van der Waals surface area (Å²) in [6.07, 6.45) is 3.98. The lowest BCUT2D eigenvalue weighted by Crippen LogP contribution is -2.25. The van der Waals surface area contributed by atoms with Crippen LogP contribution in [-0.2, 0) is 5.41 Å². The maximum Gasteiger partial charge on any atom is 0.177 e. The van der Waals surface area contributed by atoms with E-state index in [-0.39, 0.29) is 0 Å². The Kier molecular flexibility index (Phi) is 7.45. The Hall–Kier alpha value is -7.36. The van der Waals surface area contributed by atoms with Gasteiger partial charge in [0.05, 0.1) is 5.41 Å². The molecule has 0 atom stereocenters. The predicted molar refractivity (Wildman–Crippen MR) is 233 cm³/mol. The average Bonchev–Trinajstić information content (AvgIpc) is 3.73. The van der Waals surface area contributed by atoms with Gasteiger partial charge < -0.3 is 14.4 Å². The van der Waals surface area contributed by atoms with Crippen molar-refractivity contribution in [3.05, 3.63) is 229 Å². The van der Waals surface area contributed by atoms with Gasteiger partial charge in [-0.2, -0.15) is 0 Å². The molecule has 0 unspecified atom stereocenters. The third-order valence-corrected chi connectivity index (χ3v) is 11.9. The summed E-state index contributed by atoms with van der Waals surface area (Å²) >= 11 is 0. The monoisotopic (exact) mass is 731 g/mol. The van der Waals surface area contributed by atoms with Crippen LogP contribution in [0.5, 0.6) is 23.0 Å². The van der Waals surface area contributed by atoms with Crippen LogP contribution in [0.3, 0.4) is 0 Å². The second kappa shape index (κ2) is 12.9. The molecule has 0 saturated carbocycles. The molecule has 0 fully saturated rings. The van der Waals surface area contributed by atoms with Crippen molar-refractivity contribution in [2.24, 2.45) is 0 Å². The van der Waals surface area contributed by atoms with Crippen LogP contribution >= 0.6 is 0 Å². The molecule has 57 heavy (non-hydrogen) atoms. The predicted octanol–water partition coefficient (Wildman–Crippen LogP) is 14.5. The molecule has 11 rings (SSSR count). The third kappa shape index (κ3) is 4.85. The number of nitrogens with zero attached hydrogens (tertiary/aromatic N) is 1. The minimum atomic E-state index is -0.446. The van der Waals surface area contributed by atoms with E-state index in [0.717, 1.165) is 56.6 Å². The smallest absolute Gasteiger partial charge is 0.177 e. The van der Waals surface area contributed by atoms with Crippen molar-refractivity contribution >= 4 is 11.4 Å². The lowest BCUT2D eigenvalue weighted by atomic mass is 9.70. The lowest BCUT2D eigenvalue weighted by molar-refractivity contribution is 0.360. The van der Waals surface area contributed by atoms with Gasteiger partial charge in [0, 0.05) is 22.6 Å². The highest BCUT2D eigenvalue weighted by Gasteiger charge is 2.52. The SMILES string of the molecule is C=C/C(=C\C)N(c1ccccc1)c1ccc(-c2cccc(-c3cccc4c3Oc3cc5c(cc3O4)C3(c4ccccc4-c4ccccc43)c3ccccc3-5)c2)cc1. The summed E-state index contributed by atoms with van der Waals surface area (Å²) in [5, 5.41) is 0. The number of fused-ring (bicyclic) bond motifs is 12. The molecule has 8 aromatic rings. The van der Waals surface area contributed by atoms with Crippen molar-refractivity contribution < 1.29 is 9.47 Å². The van der Waals surface area contributed by atoms with E-state index in [4.69, 9.17) is 9.47 Å². The van der Waals surface area contributed by atoms with Crippen molar-refractivity contribution in [3.63, 3.8) is 0 Å². The lowest BCUT2D eigenvalue weighted by Gasteiger charge is -2.31. The Balaban J connectivity index is 0.971. The molecule has 0 aromatic heterocycles. The van der Waals surface area contributed by atoms with Gasteiger partial charge in [0.1, 0.15) is 0 Å². The molecule has 2 aliphatic carbocycles. The van der Waals surface area contributed by atoms with E-state index < -0.39 is 5.41 Å². The van der Waals surface area contributed by atoms with Gasteiger partial charge in [-0.1, -0.05) is 146 Å². The normalized spacial score (nSPS) is 13.6. The number of hydrogen-bond donors (Lipinski definition) is 0. The number of allylic oxidation sites excluding steroid dienone is 2. The van der Waals surface area contributed by atoms with Crippen LogP contribution in [0.4, 0.5) is 11.4 Å². The molecule has 3 heteroatoms. The Morgan fingerprint density at radius 1 is 0.456 bits per heavy atom. The number of ether oxygens (including phenoxy) is 2. The highest BCUT2D eigenvalue weighted by Crippen LogP contribution is 2.65. The van der Waals surface area contributed by atoms with Crippen molar-refractivity contribution in [2.75, 3.05) is 4.90 Å². The van der Waals surface area contributed by atoms with Gasteiger partial charge >= 0.3 is 0 Å². The van der Waals surface area contributed by atoms with Crippen molar-refractivity contribution in [2.45, 2.75) is 12.3 Å². The van der Waals surface area contributed by atoms with Crippen LogP contribution < -0.4 is 14.4 Å². The van der Waals surface area contributed by atoms with E-state index in [1.165, 1.54) is 44.5 Å². The van der Waals surface area contributed by atoms with E-state index in [1.54, 1.807) is 0 Å². The Morgan fingerprint density at radius 2 is 1.02 bits per heavy atom. The van der Waals surface area contributed by atoms with Crippen LogP contribution in [-0.4, -0.2) is 0 Å². The maximum atomic E-state index is 6.92. The van der Waals surface area contributed by atoms with Crippen LogP contribution in [0, 0.1) is 0 Å². The summed E-state index contributed by atoms with van der Waals surface area (Å²) < 4.78 is 13.7. The van der Waals surface area contributed by atoms with Crippen LogP contribution in [0.15, 0.2) is 206 Å². The molecule has 0 N–H and O–H groups in total. The minimum Gasteiger partial charge on any atom is -0.449 e. The third-order valence-electron chi connectivity index (χ3n) is 11.9. The molecule has 270 valence electrons. The summed E-state index contributed by atoms with van der Waals surface area (Å²) in [5.41, 5.74) is 17.1. The zero-order valence-corrected chi connectivity index (χ0v) is 31.4. The standard InChI is InChI=1S/C54H37NO2/c1-3-38(4-2)55(39-18-6-5-7-19-39)40-30-28-35(29-31-40)36-16-14-17-37(32-36)41-23-15-27-50-53(41)57-51-33-45-44-22-10-13-26-48(44)54(49(45)34-52(51)56-50)46-24-11-8-20-42(46)43-21-9-12-25-47(43)54/h3-34H,1H2,2H3/b38-4+. The van der Waals surface area contributed by atoms with Gasteiger partial charge in [-0.15, -0.1) is 0 Å². The first-order valence-corrected chi connectivity index (χ1v) is 19.5. The number of benzene rings is 8. The fourth-order valence-corrected chi connectivity index (χ4v) is 9.45.